The summed E-state index contributed by atoms with van der Waals surface area (Å²) in [6.45, 7) is 2.12. The number of likely N-dealkylation sites (tertiary alicyclic amines) is 1. The average Bonchev–Trinajstić information content (AvgIpc) is 2.82. The second-order valence-corrected chi connectivity index (χ2v) is 9.33. The maximum atomic E-state index is 13.3. The van der Waals surface area contributed by atoms with Gasteiger partial charge >= 0.3 is 6.18 Å². The minimum Gasteiger partial charge on any atom is -0.491 e. The van der Waals surface area contributed by atoms with Gasteiger partial charge in [-0.3, -0.25) is 9.69 Å². The topological polar surface area (TPSA) is 62.2 Å². The number of aryl methyl sites for hydroxylation is 1. The van der Waals surface area contributed by atoms with Crippen molar-refractivity contribution in [3.05, 3.63) is 65.2 Å². The van der Waals surface area contributed by atoms with E-state index in [2.05, 4.69) is 0 Å². The van der Waals surface area contributed by atoms with Crippen LogP contribution in [-0.4, -0.2) is 78.5 Å². The Hall–Kier alpha value is -2.62. The first-order valence-electron chi connectivity index (χ1n) is 11.8. The zero-order valence-electron chi connectivity index (χ0n) is 19.8. The molecule has 2 aromatic carbocycles. The van der Waals surface area contributed by atoms with Crippen LogP contribution in [0.4, 0.5) is 13.2 Å². The molecule has 2 aliphatic heterocycles. The van der Waals surface area contributed by atoms with E-state index in [1.165, 1.54) is 4.90 Å². The summed E-state index contributed by atoms with van der Waals surface area (Å²) in [5, 5.41) is 8.93. The van der Waals surface area contributed by atoms with Crippen LogP contribution in [0.2, 0.25) is 0 Å². The van der Waals surface area contributed by atoms with Crippen LogP contribution in [0, 0.1) is 6.92 Å². The highest BCUT2D eigenvalue weighted by Gasteiger charge is 2.46. The molecule has 4 rings (SSSR count). The lowest BCUT2D eigenvalue weighted by molar-refractivity contribution is -0.205. The molecule has 0 radical (unpaired) electrons. The predicted octanol–water partition coefficient (Wildman–Crippen LogP) is 3.98. The summed E-state index contributed by atoms with van der Waals surface area (Å²) in [6, 6.07) is 14.5. The number of alkyl halides is 3. The van der Waals surface area contributed by atoms with Crippen molar-refractivity contribution in [1.29, 1.82) is 0 Å². The molecule has 2 aliphatic rings. The van der Waals surface area contributed by atoms with Crippen molar-refractivity contribution in [3.8, 4) is 5.75 Å². The number of aliphatic hydroxyl groups is 1. The molecule has 1 atom stereocenters. The second kappa shape index (κ2) is 10.6. The molecular formula is C26H31F3N2O4. The fourth-order valence-electron chi connectivity index (χ4n) is 4.97. The van der Waals surface area contributed by atoms with E-state index < -0.39 is 24.4 Å². The Kier molecular flexibility index (Phi) is 7.68. The number of carbonyl (C=O) groups excluding carboxylic acids is 1. The van der Waals surface area contributed by atoms with Gasteiger partial charge in [0.05, 0.1) is 24.9 Å². The van der Waals surface area contributed by atoms with Crippen molar-refractivity contribution in [2.24, 2.45) is 0 Å². The molecule has 1 unspecified atom stereocenters. The summed E-state index contributed by atoms with van der Waals surface area (Å²) in [5.41, 5.74) is 1.44. The standard InChI is InChI=1S/C26H31F3N2O4/c1-19-15-21(7-8-22(19)34-14-13-32)24(33)31-11-9-25(10-12-31)17-30(18-26(27,28)29)16-23(35-25)20-5-3-2-4-6-20/h2-8,15,23,32H,9-14,16-18H2,1H3. The molecule has 35 heavy (non-hydrogen) atoms. The number of amides is 1. The molecule has 6 nitrogen and oxygen atoms in total. The predicted molar refractivity (Wildman–Crippen MR) is 124 cm³/mol. The molecule has 2 saturated heterocycles. The number of nitrogens with zero attached hydrogens (tertiary/aromatic N) is 2. The largest absolute Gasteiger partial charge is 0.491 e. The Balaban J connectivity index is 1.45. The van der Waals surface area contributed by atoms with Crippen LogP contribution in [0.1, 0.15) is 40.4 Å². The normalized spacial score (nSPS) is 20.7. The highest BCUT2D eigenvalue weighted by atomic mass is 19.4. The van der Waals surface area contributed by atoms with Crippen molar-refractivity contribution in [3.63, 3.8) is 0 Å². The van der Waals surface area contributed by atoms with Gasteiger partial charge in [-0.2, -0.15) is 13.2 Å². The smallest absolute Gasteiger partial charge is 0.401 e. The van der Waals surface area contributed by atoms with Gasteiger partial charge < -0.3 is 19.5 Å². The summed E-state index contributed by atoms with van der Waals surface area (Å²) in [7, 11) is 0. The van der Waals surface area contributed by atoms with Gasteiger partial charge in [0.25, 0.3) is 5.91 Å². The molecule has 1 spiro atoms. The minimum absolute atomic E-state index is 0.0940. The molecule has 9 heteroatoms. The van der Waals surface area contributed by atoms with E-state index in [-0.39, 0.29) is 32.2 Å². The third kappa shape index (κ3) is 6.34. The third-order valence-corrected chi connectivity index (χ3v) is 6.63. The number of morpholine rings is 1. The Morgan fingerprint density at radius 2 is 1.89 bits per heavy atom. The van der Waals surface area contributed by atoms with Gasteiger partial charge in [-0.05, 0) is 49.1 Å². The van der Waals surface area contributed by atoms with Crippen molar-refractivity contribution >= 4 is 5.91 Å². The Labute approximate surface area is 203 Å². The van der Waals surface area contributed by atoms with Crippen LogP contribution >= 0.6 is 0 Å². The first kappa shape index (κ1) is 25.5. The van der Waals surface area contributed by atoms with Crippen LogP contribution in [0.25, 0.3) is 0 Å². The molecule has 2 heterocycles. The lowest BCUT2D eigenvalue weighted by atomic mass is 9.87. The summed E-state index contributed by atoms with van der Waals surface area (Å²) in [4.78, 5) is 16.3. The first-order valence-corrected chi connectivity index (χ1v) is 11.8. The van der Waals surface area contributed by atoms with Gasteiger partial charge in [-0.1, -0.05) is 30.3 Å². The van der Waals surface area contributed by atoms with E-state index in [9.17, 15) is 18.0 Å². The summed E-state index contributed by atoms with van der Waals surface area (Å²) in [5.74, 6) is 0.486. The average molecular weight is 493 g/mol. The van der Waals surface area contributed by atoms with Gasteiger partial charge in [0, 0.05) is 31.7 Å². The zero-order chi connectivity index (χ0) is 25.1. The van der Waals surface area contributed by atoms with E-state index in [0.29, 0.717) is 37.2 Å². The number of aliphatic hydroxyl groups excluding tert-OH is 1. The number of halogens is 3. The zero-order valence-corrected chi connectivity index (χ0v) is 19.8. The van der Waals surface area contributed by atoms with E-state index >= 15 is 0 Å². The number of hydrogen-bond acceptors (Lipinski definition) is 5. The summed E-state index contributed by atoms with van der Waals surface area (Å²) < 4.78 is 51.7. The van der Waals surface area contributed by atoms with Crippen LogP contribution in [0.3, 0.4) is 0 Å². The molecule has 0 saturated carbocycles. The number of ether oxygens (including phenoxy) is 2. The van der Waals surface area contributed by atoms with Crippen LogP contribution in [0.15, 0.2) is 48.5 Å². The molecule has 0 aliphatic carbocycles. The van der Waals surface area contributed by atoms with E-state index in [0.717, 1.165) is 11.1 Å². The van der Waals surface area contributed by atoms with Crippen molar-refractivity contribution in [1.82, 2.24) is 9.80 Å². The molecule has 2 fully saturated rings. The van der Waals surface area contributed by atoms with Crippen molar-refractivity contribution in [2.45, 2.75) is 37.6 Å². The van der Waals surface area contributed by atoms with Crippen LogP contribution in [-0.2, 0) is 4.74 Å². The quantitative estimate of drug-likeness (QED) is 0.661. The van der Waals surface area contributed by atoms with Crippen LogP contribution < -0.4 is 4.74 Å². The number of carbonyl (C=O) groups is 1. The minimum atomic E-state index is -4.29. The maximum Gasteiger partial charge on any atom is 0.401 e. The second-order valence-electron chi connectivity index (χ2n) is 9.33. The fourth-order valence-corrected chi connectivity index (χ4v) is 4.97. The molecule has 0 aromatic heterocycles. The monoisotopic (exact) mass is 492 g/mol. The number of hydrogen-bond donors (Lipinski definition) is 1. The molecule has 1 amide bonds. The molecule has 1 N–H and O–H groups in total. The van der Waals surface area contributed by atoms with E-state index in [1.807, 2.05) is 37.3 Å². The lowest BCUT2D eigenvalue weighted by Crippen LogP contribution is -2.59. The van der Waals surface area contributed by atoms with E-state index in [4.69, 9.17) is 14.6 Å². The first-order chi connectivity index (χ1) is 16.7. The fraction of sp³-hybridized carbons (Fsp3) is 0.500. The molecule has 2 aromatic rings. The lowest BCUT2D eigenvalue weighted by Gasteiger charge is -2.50. The van der Waals surface area contributed by atoms with Gasteiger partial charge in [0.2, 0.25) is 0 Å². The van der Waals surface area contributed by atoms with E-state index in [1.54, 1.807) is 23.1 Å². The summed E-state index contributed by atoms with van der Waals surface area (Å²) >= 11 is 0. The maximum absolute atomic E-state index is 13.3. The van der Waals surface area contributed by atoms with Crippen molar-refractivity contribution in [2.75, 3.05) is 45.9 Å². The van der Waals surface area contributed by atoms with Crippen molar-refractivity contribution < 1.29 is 32.5 Å². The third-order valence-electron chi connectivity index (χ3n) is 6.63. The van der Waals surface area contributed by atoms with Crippen LogP contribution in [0.5, 0.6) is 5.75 Å². The Morgan fingerprint density at radius 1 is 1.17 bits per heavy atom. The molecule has 0 bridgehead atoms. The Morgan fingerprint density at radius 3 is 2.51 bits per heavy atom. The van der Waals surface area contributed by atoms with Gasteiger partial charge in [-0.25, -0.2) is 0 Å². The SMILES string of the molecule is Cc1cc(C(=O)N2CCC3(CC2)CN(CC(F)(F)F)CC(c2ccccc2)O3)ccc1OCCO. The molecular weight excluding hydrogens is 461 g/mol. The highest BCUT2D eigenvalue weighted by Crippen LogP contribution is 2.39. The highest BCUT2D eigenvalue weighted by molar-refractivity contribution is 5.94. The number of piperidine rings is 1. The number of benzene rings is 2. The summed E-state index contributed by atoms with van der Waals surface area (Å²) in [6.07, 6.45) is -3.81. The Bertz CT molecular complexity index is 1010. The van der Waals surface area contributed by atoms with Gasteiger partial charge in [-0.15, -0.1) is 0 Å². The molecule has 190 valence electrons. The van der Waals surface area contributed by atoms with Gasteiger partial charge in [0.1, 0.15) is 12.4 Å². The van der Waals surface area contributed by atoms with Gasteiger partial charge in [0.15, 0.2) is 0 Å². The number of rotatable bonds is 6.